The van der Waals surface area contributed by atoms with Crippen LogP contribution in [0.4, 0.5) is 11.4 Å². The highest BCUT2D eigenvalue weighted by atomic mass is 35.5. The summed E-state index contributed by atoms with van der Waals surface area (Å²) >= 11 is 5.94. The number of amides is 1. The zero-order chi connectivity index (χ0) is 17.9. The Hall–Kier alpha value is -2.93. The van der Waals surface area contributed by atoms with Crippen LogP contribution < -0.4 is 10.2 Å². The molecule has 132 valence electrons. The fraction of sp³-hybridized carbons (Fsp3) is 0.222. The molecule has 0 saturated carbocycles. The number of carbonyl (C=O) groups is 1. The highest BCUT2D eigenvalue weighted by Gasteiger charge is 2.18. The molecular formula is C18H17ClN6O. The molecule has 0 aliphatic carbocycles. The Morgan fingerprint density at radius 1 is 1.19 bits per heavy atom. The second-order valence-electron chi connectivity index (χ2n) is 6.06. The van der Waals surface area contributed by atoms with Crippen molar-refractivity contribution in [3.05, 3.63) is 59.8 Å². The molecule has 0 bridgehead atoms. The van der Waals surface area contributed by atoms with E-state index in [-0.39, 0.29) is 5.91 Å². The van der Waals surface area contributed by atoms with Gasteiger partial charge in [-0.05, 0) is 31.0 Å². The summed E-state index contributed by atoms with van der Waals surface area (Å²) in [5, 5.41) is 7.69. The van der Waals surface area contributed by atoms with Crippen molar-refractivity contribution in [2.45, 2.75) is 12.8 Å². The normalized spacial score (nSPS) is 13.8. The van der Waals surface area contributed by atoms with Crippen molar-refractivity contribution < 1.29 is 4.79 Å². The van der Waals surface area contributed by atoms with Crippen LogP contribution >= 0.6 is 11.6 Å². The summed E-state index contributed by atoms with van der Waals surface area (Å²) < 4.78 is 1.66. The van der Waals surface area contributed by atoms with Gasteiger partial charge < -0.3 is 10.2 Å². The average Bonchev–Trinajstić information content (AvgIpc) is 3.34. The number of benzene rings is 1. The lowest BCUT2D eigenvalue weighted by Crippen LogP contribution is -2.20. The predicted molar refractivity (Wildman–Crippen MR) is 100 cm³/mol. The quantitative estimate of drug-likeness (QED) is 0.765. The van der Waals surface area contributed by atoms with E-state index in [1.807, 2.05) is 0 Å². The summed E-state index contributed by atoms with van der Waals surface area (Å²) in [4.78, 5) is 23.1. The van der Waals surface area contributed by atoms with Crippen LogP contribution in [0.2, 0.25) is 5.02 Å². The van der Waals surface area contributed by atoms with E-state index in [1.165, 1.54) is 6.33 Å². The minimum Gasteiger partial charge on any atom is -0.367 e. The van der Waals surface area contributed by atoms with Gasteiger partial charge in [0.1, 0.15) is 12.0 Å². The molecule has 3 aromatic rings. The van der Waals surface area contributed by atoms with Crippen LogP contribution in [0.15, 0.2) is 49.2 Å². The van der Waals surface area contributed by atoms with Crippen molar-refractivity contribution in [3.63, 3.8) is 0 Å². The van der Waals surface area contributed by atoms with Crippen LogP contribution in [0.5, 0.6) is 0 Å². The van der Waals surface area contributed by atoms with Crippen LogP contribution in [-0.2, 0) is 0 Å². The molecule has 1 fully saturated rings. The van der Waals surface area contributed by atoms with Gasteiger partial charge in [0.05, 0.1) is 24.3 Å². The van der Waals surface area contributed by atoms with Crippen LogP contribution in [0.3, 0.4) is 0 Å². The van der Waals surface area contributed by atoms with Gasteiger partial charge in [-0.2, -0.15) is 5.10 Å². The first-order valence-corrected chi connectivity index (χ1v) is 8.75. The third kappa shape index (κ3) is 3.39. The predicted octanol–water partition coefficient (Wildman–Crippen LogP) is 3.17. The number of halogens is 1. The lowest BCUT2D eigenvalue weighted by Gasteiger charge is -2.19. The first kappa shape index (κ1) is 16.5. The molecule has 1 aromatic carbocycles. The molecule has 2 aromatic heterocycles. The molecule has 26 heavy (non-hydrogen) atoms. The second-order valence-corrected chi connectivity index (χ2v) is 6.50. The van der Waals surface area contributed by atoms with Crippen LogP contribution in [0, 0.1) is 0 Å². The number of hydrogen-bond donors (Lipinski definition) is 1. The Balaban J connectivity index is 1.56. The van der Waals surface area contributed by atoms with E-state index in [9.17, 15) is 4.79 Å². The molecule has 7 nitrogen and oxygen atoms in total. The van der Waals surface area contributed by atoms with Gasteiger partial charge in [0.25, 0.3) is 5.91 Å². The van der Waals surface area contributed by atoms with Gasteiger partial charge in [-0.1, -0.05) is 17.7 Å². The Morgan fingerprint density at radius 2 is 2.04 bits per heavy atom. The van der Waals surface area contributed by atoms with Gasteiger partial charge in [-0.15, -0.1) is 0 Å². The molecule has 0 spiro atoms. The molecule has 1 aliphatic heterocycles. The zero-order valence-corrected chi connectivity index (χ0v) is 14.7. The maximum absolute atomic E-state index is 12.3. The maximum Gasteiger partial charge on any atom is 0.255 e. The van der Waals surface area contributed by atoms with E-state index in [0.29, 0.717) is 22.1 Å². The number of carbonyl (C=O) groups excluding carboxylic acids is 1. The number of anilines is 2. The summed E-state index contributed by atoms with van der Waals surface area (Å²) in [6.07, 6.45) is 8.96. The lowest BCUT2D eigenvalue weighted by atomic mass is 10.2. The minimum absolute atomic E-state index is 0.241. The Bertz CT molecular complexity index is 935. The standard InChI is InChI=1S/C18H17ClN6O/c19-14-5-3-4-13(8-14)18(26)23-15-9-22-25(11-15)17-16(10-20-12-21-17)24-6-1-2-7-24/h3-5,8-12H,1-2,6-7H2,(H,23,26). The minimum atomic E-state index is -0.241. The Morgan fingerprint density at radius 3 is 2.85 bits per heavy atom. The fourth-order valence-electron chi connectivity index (χ4n) is 3.01. The smallest absolute Gasteiger partial charge is 0.255 e. The summed E-state index contributed by atoms with van der Waals surface area (Å²) in [5.74, 6) is 0.458. The number of hydrogen-bond acceptors (Lipinski definition) is 5. The highest BCUT2D eigenvalue weighted by Crippen LogP contribution is 2.25. The number of aromatic nitrogens is 4. The van der Waals surface area contributed by atoms with E-state index in [4.69, 9.17) is 11.6 Å². The number of rotatable bonds is 4. The van der Waals surface area contributed by atoms with Crippen molar-refractivity contribution >= 4 is 28.9 Å². The van der Waals surface area contributed by atoms with Crippen LogP contribution in [0.1, 0.15) is 23.2 Å². The van der Waals surface area contributed by atoms with Crippen LogP contribution in [-0.4, -0.2) is 38.7 Å². The number of nitrogens with one attached hydrogen (secondary N) is 1. The summed E-state index contributed by atoms with van der Waals surface area (Å²) in [6.45, 7) is 1.97. The van der Waals surface area contributed by atoms with Gasteiger partial charge in [0, 0.05) is 23.7 Å². The van der Waals surface area contributed by atoms with Gasteiger partial charge >= 0.3 is 0 Å². The van der Waals surface area contributed by atoms with E-state index in [0.717, 1.165) is 31.6 Å². The van der Waals surface area contributed by atoms with Gasteiger partial charge in [0.15, 0.2) is 5.82 Å². The molecule has 1 N–H and O–H groups in total. The Labute approximate surface area is 155 Å². The van der Waals surface area contributed by atoms with Crippen molar-refractivity contribution in [1.29, 1.82) is 0 Å². The number of nitrogens with zero attached hydrogens (tertiary/aromatic N) is 5. The Kier molecular flexibility index (Phi) is 4.53. The van der Waals surface area contributed by atoms with E-state index < -0.39 is 0 Å². The van der Waals surface area contributed by atoms with Crippen molar-refractivity contribution in [2.24, 2.45) is 0 Å². The van der Waals surface area contributed by atoms with Gasteiger partial charge in [-0.25, -0.2) is 14.6 Å². The first-order chi connectivity index (χ1) is 12.7. The van der Waals surface area contributed by atoms with E-state index in [2.05, 4.69) is 25.3 Å². The van der Waals surface area contributed by atoms with Crippen LogP contribution in [0.25, 0.3) is 5.82 Å². The van der Waals surface area contributed by atoms with Gasteiger partial charge in [0.2, 0.25) is 0 Å². The SMILES string of the molecule is O=C(Nc1cnn(-c2ncncc2N2CCCC2)c1)c1cccc(Cl)c1. The molecule has 1 amide bonds. The van der Waals surface area contributed by atoms with E-state index in [1.54, 1.807) is 47.5 Å². The largest absolute Gasteiger partial charge is 0.367 e. The zero-order valence-electron chi connectivity index (χ0n) is 14.0. The molecule has 0 unspecified atom stereocenters. The third-order valence-electron chi connectivity index (χ3n) is 4.26. The molecular weight excluding hydrogens is 352 g/mol. The van der Waals surface area contributed by atoms with Crippen molar-refractivity contribution in [1.82, 2.24) is 19.7 Å². The summed E-state index contributed by atoms with van der Waals surface area (Å²) in [5.41, 5.74) is 2.02. The monoisotopic (exact) mass is 368 g/mol. The van der Waals surface area contributed by atoms with Crippen molar-refractivity contribution in [2.75, 3.05) is 23.3 Å². The lowest BCUT2D eigenvalue weighted by molar-refractivity contribution is 0.102. The second kappa shape index (κ2) is 7.13. The summed E-state index contributed by atoms with van der Waals surface area (Å²) in [6, 6.07) is 6.80. The first-order valence-electron chi connectivity index (χ1n) is 8.37. The summed E-state index contributed by atoms with van der Waals surface area (Å²) in [7, 11) is 0. The van der Waals surface area contributed by atoms with Gasteiger partial charge in [-0.3, -0.25) is 4.79 Å². The molecule has 0 radical (unpaired) electrons. The molecule has 3 heterocycles. The third-order valence-corrected chi connectivity index (χ3v) is 4.50. The van der Waals surface area contributed by atoms with Crippen molar-refractivity contribution in [3.8, 4) is 5.82 Å². The molecule has 1 aliphatic rings. The fourth-order valence-corrected chi connectivity index (χ4v) is 3.20. The topological polar surface area (TPSA) is 75.9 Å². The maximum atomic E-state index is 12.3. The highest BCUT2D eigenvalue weighted by molar-refractivity contribution is 6.31. The van der Waals surface area contributed by atoms with E-state index >= 15 is 0 Å². The average molecular weight is 369 g/mol. The molecule has 4 rings (SSSR count). The molecule has 0 atom stereocenters. The molecule has 1 saturated heterocycles. The molecule has 8 heteroatoms.